The zero-order chi connectivity index (χ0) is 13.8. The van der Waals surface area contributed by atoms with Gasteiger partial charge in [-0.15, -0.1) is 0 Å². The molecule has 0 saturated carbocycles. The van der Waals surface area contributed by atoms with Gasteiger partial charge < -0.3 is 9.47 Å². The second-order valence-electron chi connectivity index (χ2n) is 4.97. The molecule has 0 spiro atoms. The molecule has 0 unspecified atom stereocenters. The zero-order valence-corrected chi connectivity index (χ0v) is 11.7. The molecule has 1 aliphatic heterocycles. The Morgan fingerprint density at radius 1 is 1.25 bits per heavy atom. The molecule has 0 amide bonds. The summed E-state index contributed by atoms with van der Waals surface area (Å²) < 4.78 is 11.2. The monoisotopic (exact) mass is 273 g/mol. The van der Waals surface area contributed by atoms with E-state index in [9.17, 15) is 0 Å². The number of rotatable bonds is 4. The standard InChI is InChI=1S/C15H19N3O2/c1-12-10-17-15(14-11-16-3-2-13(12)14)20-9-6-18-4-7-19-8-5-18/h2-3,10-11H,4-9H2,1H3. The van der Waals surface area contributed by atoms with Crippen LogP contribution in [0.25, 0.3) is 10.8 Å². The van der Waals surface area contributed by atoms with Crippen LogP contribution in [0.1, 0.15) is 5.56 Å². The van der Waals surface area contributed by atoms with E-state index in [1.54, 1.807) is 6.20 Å². The van der Waals surface area contributed by atoms with Gasteiger partial charge in [0.15, 0.2) is 0 Å². The van der Waals surface area contributed by atoms with Gasteiger partial charge in [0, 0.05) is 38.2 Å². The Kier molecular flexibility index (Phi) is 4.08. The molecule has 3 heterocycles. The number of aromatic nitrogens is 2. The molecule has 5 nitrogen and oxygen atoms in total. The van der Waals surface area contributed by atoms with Gasteiger partial charge in [0.2, 0.25) is 5.88 Å². The van der Waals surface area contributed by atoms with Crippen LogP contribution < -0.4 is 4.74 Å². The predicted molar refractivity (Wildman–Crippen MR) is 77.0 cm³/mol. The first-order valence-corrected chi connectivity index (χ1v) is 6.97. The van der Waals surface area contributed by atoms with Crippen LogP contribution in [-0.4, -0.2) is 54.3 Å². The first-order chi connectivity index (χ1) is 9.84. The van der Waals surface area contributed by atoms with Gasteiger partial charge in [-0.25, -0.2) is 4.98 Å². The van der Waals surface area contributed by atoms with Crippen LogP contribution in [0.15, 0.2) is 24.7 Å². The minimum absolute atomic E-state index is 0.639. The Labute approximate surface area is 118 Å². The molecular weight excluding hydrogens is 254 g/mol. The summed E-state index contributed by atoms with van der Waals surface area (Å²) in [7, 11) is 0. The van der Waals surface area contributed by atoms with Gasteiger partial charge in [0.25, 0.3) is 0 Å². The van der Waals surface area contributed by atoms with Crippen molar-refractivity contribution in [3.05, 3.63) is 30.2 Å². The number of hydrogen-bond acceptors (Lipinski definition) is 5. The molecule has 0 radical (unpaired) electrons. The van der Waals surface area contributed by atoms with Gasteiger partial charge in [-0.2, -0.15) is 0 Å². The fraction of sp³-hybridized carbons (Fsp3) is 0.467. The molecule has 2 aromatic rings. The summed E-state index contributed by atoms with van der Waals surface area (Å²) in [5.74, 6) is 0.673. The third kappa shape index (κ3) is 2.89. The second kappa shape index (κ2) is 6.15. The molecule has 3 rings (SSSR count). The zero-order valence-electron chi connectivity index (χ0n) is 11.7. The van der Waals surface area contributed by atoms with E-state index in [-0.39, 0.29) is 0 Å². The number of hydrogen-bond donors (Lipinski definition) is 0. The topological polar surface area (TPSA) is 47.5 Å². The summed E-state index contributed by atoms with van der Waals surface area (Å²) in [4.78, 5) is 10.9. The van der Waals surface area contributed by atoms with Crippen LogP contribution in [-0.2, 0) is 4.74 Å². The molecule has 1 saturated heterocycles. The second-order valence-corrected chi connectivity index (χ2v) is 4.97. The number of pyridine rings is 2. The van der Waals surface area contributed by atoms with Gasteiger partial charge in [-0.3, -0.25) is 9.88 Å². The molecule has 5 heteroatoms. The van der Waals surface area contributed by atoms with E-state index in [0.717, 1.165) is 49.2 Å². The SMILES string of the molecule is Cc1cnc(OCCN2CCOCC2)c2cnccc12. The van der Waals surface area contributed by atoms with Gasteiger partial charge in [0.05, 0.1) is 18.6 Å². The van der Waals surface area contributed by atoms with Gasteiger partial charge in [-0.1, -0.05) is 0 Å². The maximum Gasteiger partial charge on any atom is 0.222 e. The lowest BCUT2D eigenvalue weighted by atomic mass is 10.1. The predicted octanol–water partition coefficient (Wildman–Crippen LogP) is 1.65. The van der Waals surface area contributed by atoms with E-state index in [1.165, 1.54) is 0 Å². The Bertz CT molecular complexity index is 582. The molecule has 0 atom stereocenters. The molecular formula is C15H19N3O2. The fourth-order valence-electron chi connectivity index (χ4n) is 2.41. The van der Waals surface area contributed by atoms with Crippen LogP contribution in [0.4, 0.5) is 0 Å². The summed E-state index contributed by atoms with van der Waals surface area (Å²) in [6.45, 7) is 7.18. The number of aryl methyl sites for hydroxylation is 1. The molecule has 1 fully saturated rings. The van der Waals surface area contributed by atoms with Crippen molar-refractivity contribution in [3.8, 4) is 5.88 Å². The van der Waals surface area contributed by atoms with Gasteiger partial charge >= 0.3 is 0 Å². The van der Waals surface area contributed by atoms with Crippen molar-refractivity contribution in [2.24, 2.45) is 0 Å². The van der Waals surface area contributed by atoms with E-state index < -0.39 is 0 Å². The van der Waals surface area contributed by atoms with Crippen molar-refractivity contribution < 1.29 is 9.47 Å². The van der Waals surface area contributed by atoms with Crippen LogP contribution in [0, 0.1) is 6.92 Å². The molecule has 106 valence electrons. The van der Waals surface area contributed by atoms with E-state index in [4.69, 9.17) is 9.47 Å². The number of ether oxygens (including phenoxy) is 2. The molecule has 0 bridgehead atoms. The lowest BCUT2D eigenvalue weighted by Crippen LogP contribution is -2.38. The van der Waals surface area contributed by atoms with Crippen LogP contribution in [0.5, 0.6) is 5.88 Å². The third-order valence-corrected chi connectivity index (χ3v) is 3.60. The highest BCUT2D eigenvalue weighted by molar-refractivity contribution is 5.88. The first-order valence-electron chi connectivity index (χ1n) is 6.97. The summed E-state index contributed by atoms with van der Waals surface area (Å²) in [5.41, 5.74) is 1.14. The Morgan fingerprint density at radius 3 is 2.95 bits per heavy atom. The minimum Gasteiger partial charge on any atom is -0.476 e. The van der Waals surface area contributed by atoms with Crippen molar-refractivity contribution in [3.63, 3.8) is 0 Å². The van der Waals surface area contributed by atoms with Crippen molar-refractivity contribution in [1.82, 2.24) is 14.9 Å². The summed E-state index contributed by atoms with van der Waals surface area (Å²) >= 11 is 0. The Balaban J connectivity index is 1.67. The van der Waals surface area contributed by atoms with E-state index in [1.807, 2.05) is 25.4 Å². The van der Waals surface area contributed by atoms with Gasteiger partial charge in [-0.05, 0) is 23.9 Å². The molecule has 0 aliphatic carbocycles. The van der Waals surface area contributed by atoms with Crippen LogP contribution in [0.2, 0.25) is 0 Å². The number of fused-ring (bicyclic) bond motifs is 1. The lowest BCUT2D eigenvalue weighted by Gasteiger charge is -2.26. The fourth-order valence-corrected chi connectivity index (χ4v) is 2.41. The highest BCUT2D eigenvalue weighted by Gasteiger charge is 2.11. The molecule has 0 aromatic carbocycles. The molecule has 0 N–H and O–H groups in total. The first kappa shape index (κ1) is 13.3. The largest absolute Gasteiger partial charge is 0.476 e. The van der Waals surface area contributed by atoms with Gasteiger partial charge in [0.1, 0.15) is 6.61 Å². The normalized spacial score (nSPS) is 16.4. The van der Waals surface area contributed by atoms with Crippen molar-refractivity contribution in [1.29, 1.82) is 0 Å². The Morgan fingerprint density at radius 2 is 2.10 bits per heavy atom. The van der Waals surface area contributed by atoms with Crippen LogP contribution >= 0.6 is 0 Å². The van der Waals surface area contributed by atoms with E-state index in [0.29, 0.717) is 12.5 Å². The Hall–Kier alpha value is -1.72. The van der Waals surface area contributed by atoms with Crippen molar-refractivity contribution >= 4 is 10.8 Å². The number of morpholine rings is 1. The molecule has 2 aromatic heterocycles. The highest BCUT2D eigenvalue weighted by Crippen LogP contribution is 2.24. The van der Waals surface area contributed by atoms with Crippen molar-refractivity contribution in [2.75, 3.05) is 39.5 Å². The lowest BCUT2D eigenvalue weighted by molar-refractivity contribution is 0.0321. The molecule has 1 aliphatic rings. The van der Waals surface area contributed by atoms with Crippen LogP contribution in [0.3, 0.4) is 0 Å². The quantitative estimate of drug-likeness (QED) is 0.847. The summed E-state index contributed by atoms with van der Waals surface area (Å²) in [6, 6.07) is 2.00. The highest BCUT2D eigenvalue weighted by atomic mass is 16.5. The maximum atomic E-state index is 5.84. The molecule has 20 heavy (non-hydrogen) atoms. The number of nitrogens with zero attached hydrogens (tertiary/aromatic N) is 3. The van der Waals surface area contributed by atoms with E-state index >= 15 is 0 Å². The maximum absolute atomic E-state index is 5.84. The summed E-state index contributed by atoms with van der Waals surface area (Å²) in [5, 5.41) is 2.13. The van der Waals surface area contributed by atoms with E-state index in [2.05, 4.69) is 14.9 Å². The average molecular weight is 273 g/mol. The third-order valence-electron chi connectivity index (χ3n) is 3.60. The smallest absolute Gasteiger partial charge is 0.222 e. The minimum atomic E-state index is 0.639. The van der Waals surface area contributed by atoms with Crippen molar-refractivity contribution in [2.45, 2.75) is 6.92 Å². The average Bonchev–Trinajstić information content (AvgIpc) is 2.51. The summed E-state index contributed by atoms with van der Waals surface area (Å²) in [6.07, 6.45) is 5.47.